The van der Waals surface area contributed by atoms with Crippen LogP contribution in [0.15, 0.2) is 47.4 Å². The van der Waals surface area contributed by atoms with Gasteiger partial charge in [0.2, 0.25) is 0 Å². The maximum atomic E-state index is 12.8. The third-order valence-corrected chi connectivity index (χ3v) is 4.80. The number of hydrogen-bond acceptors (Lipinski definition) is 4. The molecule has 0 radical (unpaired) electrons. The smallest absolute Gasteiger partial charge is 0.294 e. The van der Waals surface area contributed by atoms with Gasteiger partial charge in [0, 0.05) is 9.26 Å². The number of nitrogens with zero attached hydrogens (tertiary/aromatic N) is 1. The number of aryl methyl sites for hydroxylation is 1. The largest absolute Gasteiger partial charge is 0.354 e. The van der Waals surface area contributed by atoms with Crippen LogP contribution in [0, 0.1) is 10.5 Å². The van der Waals surface area contributed by atoms with Gasteiger partial charge in [0.15, 0.2) is 0 Å². The molecule has 0 aliphatic heterocycles. The van der Waals surface area contributed by atoms with Crippen molar-refractivity contribution in [2.45, 2.75) is 11.8 Å². The minimum absolute atomic E-state index is 0.179. The highest BCUT2D eigenvalue weighted by atomic mass is 127. The van der Waals surface area contributed by atoms with Gasteiger partial charge in [0.25, 0.3) is 10.0 Å². The van der Waals surface area contributed by atoms with E-state index < -0.39 is 14.7 Å². The molecular weight excluding hydrogens is 410 g/mol. The van der Waals surface area contributed by atoms with Crippen molar-refractivity contribution in [3.63, 3.8) is 0 Å². The molecule has 0 fully saturated rings. The summed E-state index contributed by atoms with van der Waals surface area (Å²) in [6, 6.07) is 11.3. The van der Waals surface area contributed by atoms with Crippen LogP contribution in [-0.2, 0) is 10.0 Å². The fraction of sp³-hybridized carbons (Fsp3) is 0.0769. The first-order chi connectivity index (χ1) is 9.82. The van der Waals surface area contributed by atoms with Crippen LogP contribution in [0.3, 0.4) is 0 Å². The second-order valence-electron chi connectivity index (χ2n) is 4.28. The zero-order chi connectivity index (χ0) is 15.6. The molecule has 0 saturated carbocycles. The molecule has 0 aliphatic carbocycles. The van der Waals surface area contributed by atoms with Crippen LogP contribution in [-0.4, -0.2) is 18.3 Å². The summed E-state index contributed by atoms with van der Waals surface area (Å²) in [6.07, 6.45) is 0. The Morgan fingerprint density at radius 1 is 1.19 bits per heavy atom. The van der Waals surface area contributed by atoms with Gasteiger partial charge < -0.3 is 5.32 Å². The molecule has 0 unspecified atom stereocenters. The van der Waals surface area contributed by atoms with Crippen LogP contribution in [0.1, 0.15) is 5.56 Å². The predicted molar refractivity (Wildman–Crippen MR) is 85.5 cm³/mol. The molecule has 0 saturated heterocycles. The molecule has 112 valence electrons. The van der Waals surface area contributed by atoms with Gasteiger partial charge in [-0.1, -0.05) is 16.6 Å². The van der Waals surface area contributed by atoms with E-state index in [-0.39, 0.29) is 10.6 Å². The van der Waals surface area contributed by atoms with E-state index in [1.807, 2.05) is 19.1 Å². The van der Waals surface area contributed by atoms with E-state index in [0.29, 0.717) is 5.69 Å². The predicted octanol–water partition coefficient (Wildman–Crippen LogP) is 3.61. The van der Waals surface area contributed by atoms with Gasteiger partial charge >= 0.3 is 0 Å². The number of rotatable bonds is 4. The summed E-state index contributed by atoms with van der Waals surface area (Å²) in [6.45, 7) is 1.87. The molecule has 21 heavy (non-hydrogen) atoms. The van der Waals surface area contributed by atoms with E-state index >= 15 is 0 Å². The zero-order valence-electron chi connectivity index (χ0n) is 10.9. The van der Waals surface area contributed by atoms with Crippen molar-refractivity contribution in [3.8, 4) is 0 Å². The van der Waals surface area contributed by atoms with E-state index in [9.17, 15) is 12.9 Å². The molecular formula is C13H12FIN2O3S. The molecule has 5 nitrogen and oxygen atoms in total. The molecule has 0 aromatic heterocycles. The Morgan fingerprint density at radius 2 is 1.86 bits per heavy atom. The Hall–Kier alpha value is -1.23. The fourth-order valence-corrected chi connectivity index (χ4v) is 3.25. The normalized spacial score (nSPS) is 11.7. The average molecular weight is 422 g/mol. The summed E-state index contributed by atoms with van der Waals surface area (Å²) in [5.74, 6) is 0. The third kappa shape index (κ3) is 3.51. The van der Waals surface area contributed by atoms with Gasteiger partial charge in [-0.15, -0.1) is 0 Å². The van der Waals surface area contributed by atoms with Gasteiger partial charge in [-0.3, -0.25) is 5.21 Å². The molecule has 0 aliphatic rings. The Labute approximate surface area is 135 Å². The van der Waals surface area contributed by atoms with Crippen molar-refractivity contribution in [3.05, 3.63) is 51.6 Å². The highest BCUT2D eigenvalue weighted by Crippen LogP contribution is 2.28. The number of halogens is 2. The van der Waals surface area contributed by atoms with Crippen molar-refractivity contribution in [1.82, 2.24) is 4.69 Å². The molecule has 2 aromatic carbocycles. The van der Waals surface area contributed by atoms with Gasteiger partial charge in [0.05, 0.1) is 10.4 Å². The Bertz CT molecular complexity index is 766. The van der Waals surface area contributed by atoms with Crippen LogP contribution in [0.4, 0.5) is 15.9 Å². The molecule has 2 N–H and O–H groups in total. The van der Waals surface area contributed by atoms with Gasteiger partial charge in [-0.05, 0) is 65.4 Å². The first-order valence-corrected chi connectivity index (χ1v) is 8.36. The van der Waals surface area contributed by atoms with Crippen molar-refractivity contribution in [2.24, 2.45) is 0 Å². The van der Waals surface area contributed by atoms with E-state index in [0.717, 1.165) is 9.13 Å². The number of hydrogen-bond donors (Lipinski definition) is 2. The van der Waals surface area contributed by atoms with Gasteiger partial charge in [-0.25, -0.2) is 8.42 Å². The SMILES string of the molecule is Cc1cc(I)ccc1Nc1ccccc1S(=O)(=O)N(O)F. The highest BCUT2D eigenvalue weighted by molar-refractivity contribution is 14.1. The van der Waals surface area contributed by atoms with E-state index in [1.165, 1.54) is 18.2 Å². The summed E-state index contributed by atoms with van der Waals surface area (Å²) in [5, 5.41) is 11.6. The number of anilines is 2. The monoisotopic (exact) mass is 422 g/mol. The summed E-state index contributed by atoms with van der Waals surface area (Å²) in [5.41, 5.74) is 1.79. The lowest BCUT2D eigenvalue weighted by atomic mass is 10.2. The van der Waals surface area contributed by atoms with E-state index in [1.54, 1.807) is 12.1 Å². The molecule has 0 bridgehead atoms. The minimum Gasteiger partial charge on any atom is -0.354 e. The summed E-state index contributed by atoms with van der Waals surface area (Å²) in [7, 11) is -4.59. The summed E-state index contributed by atoms with van der Waals surface area (Å²) >= 11 is 2.17. The molecule has 0 amide bonds. The molecule has 2 rings (SSSR count). The average Bonchev–Trinajstić information content (AvgIpc) is 2.42. The molecule has 0 heterocycles. The first kappa shape index (κ1) is 16.1. The maximum Gasteiger partial charge on any atom is 0.294 e. The number of benzene rings is 2. The Balaban J connectivity index is 2.47. The van der Waals surface area contributed by atoms with Crippen LogP contribution in [0.25, 0.3) is 0 Å². The summed E-state index contributed by atoms with van der Waals surface area (Å²) in [4.78, 5) is -0.354. The van der Waals surface area contributed by atoms with Gasteiger partial charge in [-0.2, -0.15) is 0 Å². The first-order valence-electron chi connectivity index (χ1n) is 5.84. The number of sulfonamides is 1. The van der Waals surface area contributed by atoms with Crippen LogP contribution in [0.5, 0.6) is 0 Å². The molecule has 0 atom stereocenters. The second kappa shape index (κ2) is 6.26. The minimum atomic E-state index is -4.59. The Morgan fingerprint density at radius 3 is 2.48 bits per heavy atom. The lowest BCUT2D eigenvalue weighted by Crippen LogP contribution is -2.20. The lowest BCUT2D eigenvalue weighted by Gasteiger charge is -2.14. The highest BCUT2D eigenvalue weighted by Gasteiger charge is 2.26. The van der Waals surface area contributed by atoms with Crippen molar-refractivity contribution in [1.29, 1.82) is 0 Å². The lowest BCUT2D eigenvalue weighted by molar-refractivity contribution is -0.149. The zero-order valence-corrected chi connectivity index (χ0v) is 13.9. The maximum absolute atomic E-state index is 12.8. The third-order valence-electron chi connectivity index (χ3n) is 2.82. The number of nitrogens with one attached hydrogen (secondary N) is 1. The van der Waals surface area contributed by atoms with Crippen LogP contribution >= 0.6 is 22.6 Å². The molecule has 8 heteroatoms. The van der Waals surface area contributed by atoms with Gasteiger partial charge in [0.1, 0.15) is 4.90 Å². The van der Waals surface area contributed by atoms with Crippen molar-refractivity contribution >= 4 is 44.0 Å². The Kier molecular flexibility index (Phi) is 4.81. The fourth-order valence-electron chi connectivity index (χ4n) is 1.79. The topological polar surface area (TPSA) is 69.6 Å². The second-order valence-corrected chi connectivity index (χ2v) is 7.22. The molecule has 2 aromatic rings. The van der Waals surface area contributed by atoms with E-state index in [2.05, 4.69) is 27.9 Å². The molecule has 0 spiro atoms. The quantitative estimate of drug-likeness (QED) is 0.449. The van der Waals surface area contributed by atoms with Crippen molar-refractivity contribution < 1.29 is 18.1 Å². The van der Waals surface area contributed by atoms with Crippen molar-refractivity contribution in [2.75, 3.05) is 5.32 Å². The number of para-hydroxylation sites is 1. The van der Waals surface area contributed by atoms with Crippen LogP contribution < -0.4 is 5.32 Å². The summed E-state index contributed by atoms with van der Waals surface area (Å²) < 4.78 is 36.0. The standard InChI is InChI=1S/C13H12FIN2O3S/c1-9-8-10(15)6-7-11(9)16-12-4-2-3-5-13(12)21(19,20)17(14)18/h2-8,16,18H,1H3. The van der Waals surface area contributed by atoms with Crippen LogP contribution in [0.2, 0.25) is 0 Å². The van der Waals surface area contributed by atoms with E-state index in [4.69, 9.17) is 5.21 Å².